The van der Waals surface area contributed by atoms with Crippen LogP contribution in [0.3, 0.4) is 0 Å². The number of rotatable bonds is 8. The molecule has 0 spiro atoms. The van der Waals surface area contributed by atoms with Crippen molar-refractivity contribution in [1.82, 2.24) is 40.2 Å². The van der Waals surface area contributed by atoms with Crippen LogP contribution < -0.4 is 20.9 Å². The zero-order chi connectivity index (χ0) is 39.4. The predicted molar refractivity (Wildman–Crippen MR) is 207 cm³/mol. The van der Waals surface area contributed by atoms with Crippen LogP contribution in [0.1, 0.15) is 90.1 Å². The number of hydrogen-bond donors (Lipinski definition) is 3. The fourth-order valence-corrected chi connectivity index (χ4v) is 8.56. The number of nitrogens with one attached hydrogen (secondary N) is 3. The van der Waals surface area contributed by atoms with Crippen molar-refractivity contribution in [3.05, 3.63) is 71.2 Å². The summed E-state index contributed by atoms with van der Waals surface area (Å²) in [5.74, 6) is -0.593. The molecule has 0 bridgehead atoms. The summed E-state index contributed by atoms with van der Waals surface area (Å²) in [6, 6.07) is 10.7. The lowest BCUT2D eigenvalue weighted by Crippen LogP contribution is -2.52. The van der Waals surface area contributed by atoms with Crippen molar-refractivity contribution in [2.75, 3.05) is 36.4 Å². The smallest absolute Gasteiger partial charge is 0.255 e. The van der Waals surface area contributed by atoms with Gasteiger partial charge in [-0.2, -0.15) is 15.0 Å². The van der Waals surface area contributed by atoms with E-state index in [4.69, 9.17) is 0 Å². The number of benzene rings is 1. The topological polar surface area (TPSA) is 199 Å². The molecule has 2 saturated heterocycles. The molecule has 3 N–H and O–H groups in total. The number of fused-ring (bicyclic) bond motifs is 2. The lowest BCUT2D eigenvalue weighted by Gasteiger charge is -2.39. The van der Waals surface area contributed by atoms with Crippen LogP contribution in [0.15, 0.2) is 48.9 Å². The third kappa shape index (κ3) is 7.02. The van der Waals surface area contributed by atoms with Gasteiger partial charge >= 0.3 is 0 Å². The Hall–Kier alpha value is -6.37. The molecule has 5 amide bonds. The van der Waals surface area contributed by atoms with Crippen molar-refractivity contribution in [3.8, 4) is 11.9 Å². The molecule has 5 aliphatic rings. The van der Waals surface area contributed by atoms with Gasteiger partial charge in [-0.1, -0.05) is 6.07 Å². The summed E-state index contributed by atoms with van der Waals surface area (Å²) in [5.41, 5.74) is 4.36. The minimum atomic E-state index is -0.650. The summed E-state index contributed by atoms with van der Waals surface area (Å²) in [5, 5.41) is 23.5. The van der Waals surface area contributed by atoms with E-state index in [-0.39, 0.29) is 47.5 Å². The van der Waals surface area contributed by atoms with Crippen LogP contribution in [0.2, 0.25) is 0 Å². The zero-order valence-corrected chi connectivity index (χ0v) is 31.7. The molecule has 1 unspecified atom stereocenters. The van der Waals surface area contributed by atoms with Crippen LogP contribution in [0, 0.1) is 17.2 Å². The number of aromatic nitrogens is 4. The molecule has 2 saturated carbocycles. The third-order valence-electron chi connectivity index (χ3n) is 12.2. The highest BCUT2D eigenvalue weighted by molar-refractivity contribution is 6.06. The number of pyridine rings is 2. The Bertz CT molecular complexity index is 2370. The van der Waals surface area contributed by atoms with E-state index < -0.39 is 11.9 Å². The molecule has 1 atom stereocenters. The van der Waals surface area contributed by atoms with E-state index >= 15 is 0 Å². The highest BCUT2D eigenvalue weighted by Crippen LogP contribution is 2.39. The minimum absolute atomic E-state index is 0.0653. The Morgan fingerprint density at radius 1 is 0.947 bits per heavy atom. The summed E-state index contributed by atoms with van der Waals surface area (Å²) in [6.07, 6.45) is 10.0. The van der Waals surface area contributed by atoms with E-state index in [2.05, 4.69) is 48.9 Å². The van der Waals surface area contributed by atoms with Gasteiger partial charge < -0.3 is 25.3 Å². The average Bonchev–Trinajstić information content (AvgIpc) is 3.65. The normalized spacial score (nSPS) is 22.8. The molecule has 3 aromatic heterocycles. The molecule has 9 rings (SSSR count). The molecular weight excluding hydrogens is 727 g/mol. The second kappa shape index (κ2) is 14.3. The molecule has 16 heteroatoms. The minimum Gasteiger partial charge on any atom is -0.379 e. The predicted octanol–water partition coefficient (Wildman–Crippen LogP) is 3.05. The van der Waals surface area contributed by atoms with Gasteiger partial charge in [-0.25, -0.2) is 9.97 Å². The van der Waals surface area contributed by atoms with Gasteiger partial charge in [0.05, 0.1) is 23.0 Å². The van der Waals surface area contributed by atoms with Crippen LogP contribution in [0.5, 0.6) is 0 Å². The quantitative estimate of drug-likeness (QED) is 0.223. The van der Waals surface area contributed by atoms with Gasteiger partial charge in [0.25, 0.3) is 11.8 Å². The number of carbonyl (C=O) groups is 5. The SMILES string of the molecule is CC1(Nc2cc(-n3ncc4cc(C#N)cnc43)ncc2C(=O)NC2CCC(C(=O)N3CCN(c4ccc5c(c4)C(=O)N(C4CCC(=O)NC4=O)C5)CC3)CC2)CC1. The number of anilines is 2. The van der Waals surface area contributed by atoms with Crippen molar-refractivity contribution >= 4 is 51.9 Å². The largest absolute Gasteiger partial charge is 0.379 e. The molecular formula is C41H43N11O5. The van der Waals surface area contributed by atoms with E-state index in [9.17, 15) is 29.2 Å². The summed E-state index contributed by atoms with van der Waals surface area (Å²) in [4.78, 5) is 79.5. The third-order valence-corrected chi connectivity index (χ3v) is 12.2. The average molecular weight is 770 g/mol. The molecule has 2 aliphatic carbocycles. The molecule has 4 fully saturated rings. The maximum atomic E-state index is 13.7. The van der Waals surface area contributed by atoms with Crippen molar-refractivity contribution in [2.45, 2.75) is 82.5 Å². The first-order valence-electron chi connectivity index (χ1n) is 19.7. The Labute approximate surface area is 328 Å². The van der Waals surface area contributed by atoms with Gasteiger partial charge in [-0.3, -0.25) is 29.3 Å². The Morgan fingerprint density at radius 2 is 1.74 bits per heavy atom. The standard InChI is InChI=1S/C41H43N11O5/c1-41(10-11-41)48-32-18-34(52-36-27(21-45-52)16-24(19-42)20-44-36)43-22-31(32)37(54)46-28-5-2-25(3-6-28)39(56)50-14-12-49(13-15-50)29-7-4-26-23-51(40(57)30(26)17-29)33-8-9-35(53)47-38(33)55/h4,7,16-18,20-22,25,28,33H,2-3,5-6,8-15,23H2,1H3,(H,43,48)(H,46,54)(H,47,53,55). The summed E-state index contributed by atoms with van der Waals surface area (Å²) >= 11 is 0. The second-order valence-corrected chi connectivity index (χ2v) is 16.2. The van der Waals surface area contributed by atoms with Gasteiger partial charge in [0, 0.05) is 91.7 Å². The zero-order valence-electron chi connectivity index (χ0n) is 31.7. The molecule has 4 aromatic rings. The number of piperidine rings is 1. The van der Waals surface area contributed by atoms with Crippen LogP contribution in [-0.4, -0.2) is 103 Å². The first-order chi connectivity index (χ1) is 27.6. The summed E-state index contributed by atoms with van der Waals surface area (Å²) in [6.45, 7) is 4.89. The molecule has 292 valence electrons. The van der Waals surface area contributed by atoms with Gasteiger partial charge in [-0.05, 0) is 75.6 Å². The van der Waals surface area contributed by atoms with Gasteiger partial charge in [0.2, 0.25) is 17.7 Å². The maximum Gasteiger partial charge on any atom is 0.255 e. The molecule has 3 aliphatic heterocycles. The fourth-order valence-electron chi connectivity index (χ4n) is 8.56. The Kier molecular flexibility index (Phi) is 9.09. The van der Waals surface area contributed by atoms with Crippen LogP contribution in [-0.2, 0) is 20.9 Å². The highest BCUT2D eigenvalue weighted by atomic mass is 16.2. The highest BCUT2D eigenvalue weighted by Gasteiger charge is 2.40. The molecule has 57 heavy (non-hydrogen) atoms. The fraction of sp³-hybridized carbons (Fsp3) is 0.439. The van der Waals surface area contributed by atoms with Crippen LogP contribution >= 0.6 is 0 Å². The van der Waals surface area contributed by atoms with Crippen molar-refractivity contribution in [2.24, 2.45) is 5.92 Å². The van der Waals surface area contributed by atoms with E-state index in [1.807, 2.05) is 29.2 Å². The van der Waals surface area contributed by atoms with E-state index in [0.29, 0.717) is 104 Å². The molecule has 0 radical (unpaired) electrons. The van der Waals surface area contributed by atoms with E-state index in [1.165, 1.54) is 6.20 Å². The van der Waals surface area contributed by atoms with E-state index in [1.54, 1.807) is 28.0 Å². The number of nitrogens with zero attached hydrogens (tertiary/aromatic N) is 8. The Morgan fingerprint density at radius 3 is 2.47 bits per heavy atom. The maximum absolute atomic E-state index is 13.7. The van der Waals surface area contributed by atoms with Crippen molar-refractivity contribution < 1.29 is 24.0 Å². The number of amides is 5. The van der Waals surface area contributed by atoms with Crippen LogP contribution in [0.4, 0.5) is 11.4 Å². The van der Waals surface area contributed by atoms with Gasteiger partial charge in [0.1, 0.15) is 12.1 Å². The monoisotopic (exact) mass is 769 g/mol. The number of hydrogen-bond acceptors (Lipinski definition) is 11. The van der Waals surface area contributed by atoms with Gasteiger partial charge in [-0.15, -0.1) is 0 Å². The van der Waals surface area contributed by atoms with Crippen molar-refractivity contribution in [3.63, 3.8) is 0 Å². The molecule has 1 aromatic carbocycles. The number of piperazine rings is 1. The Balaban J connectivity index is 0.788. The number of nitriles is 1. The first-order valence-corrected chi connectivity index (χ1v) is 19.7. The lowest BCUT2D eigenvalue weighted by molar-refractivity contribution is -0.138. The summed E-state index contributed by atoms with van der Waals surface area (Å²) < 4.78 is 1.60. The molecule has 16 nitrogen and oxygen atoms in total. The number of carbonyl (C=O) groups excluding carboxylic acids is 5. The lowest BCUT2D eigenvalue weighted by atomic mass is 9.85. The van der Waals surface area contributed by atoms with Gasteiger partial charge in [0.15, 0.2) is 11.5 Å². The second-order valence-electron chi connectivity index (χ2n) is 16.2. The first kappa shape index (κ1) is 36.3. The van der Waals surface area contributed by atoms with Crippen molar-refractivity contribution in [1.29, 1.82) is 5.26 Å². The summed E-state index contributed by atoms with van der Waals surface area (Å²) in [7, 11) is 0. The van der Waals surface area contributed by atoms with Crippen LogP contribution in [0.25, 0.3) is 16.9 Å². The van der Waals surface area contributed by atoms with E-state index in [0.717, 1.165) is 24.1 Å². The number of imide groups is 1. The molecule has 6 heterocycles.